The number of carbonyl (C=O) groups excluding carboxylic acids is 4. The zero-order chi connectivity index (χ0) is 44.6. The van der Waals surface area contributed by atoms with E-state index in [2.05, 4.69) is 29.7 Å². The molecule has 2 aliphatic rings. The number of allylic oxidation sites excluding steroid dienone is 2. The van der Waals surface area contributed by atoms with Gasteiger partial charge in [-0.1, -0.05) is 122 Å². The first-order chi connectivity index (χ1) is 29.5. The van der Waals surface area contributed by atoms with Crippen molar-refractivity contribution in [2.45, 2.75) is 222 Å². The van der Waals surface area contributed by atoms with Crippen LogP contribution in [0.5, 0.6) is 0 Å². The second-order valence-corrected chi connectivity index (χ2v) is 19.6. The highest BCUT2D eigenvalue weighted by Crippen LogP contribution is 2.45. The third-order valence-electron chi connectivity index (χ3n) is 11.6. The minimum absolute atomic E-state index is 0.0396. The Morgan fingerprint density at radius 2 is 1.36 bits per heavy atom. The lowest BCUT2D eigenvalue weighted by Gasteiger charge is -2.26. The molecule has 2 heterocycles. The number of rotatable bonds is 41. The van der Waals surface area contributed by atoms with Gasteiger partial charge in [-0.15, -0.1) is 0 Å². The molecule has 0 aliphatic carbocycles. The van der Waals surface area contributed by atoms with Crippen LogP contribution in [0.4, 0.5) is 4.79 Å². The highest BCUT2D eigenvalue weighted by Gasteiger charge is 2.42. The Morgan fingerprint density at radius 3 is 1.98 bits per heavy atom. The summed E-state index contributed by atoms with van der Waals surface area (Å²) in [6.45, 7) is 1.16. The molecule has 2 fully saturated rings. The summed E-state index contributed by atoms with van der Waals surface area (Å²) in [5, 5.41) is 16.5. The van der Waals surface area contributed by atoms with E-state index in [0.717, 1.165) is 108 Å². The SMILES string of the molecule is CCCCCCCC/C=C\CCCCCCCC(=O)C(OP(=O)(O)OCCN)[C@H](CO)OC(=O)CCCCCCCCCCC(N)C(=O)CCCC[C@@H]1SC[C@@H]2NC(=O)N[C@@H]21. The molecule has 0 radical (unpaired) electrons. The fourth-order valence-corrected chi connectivity index (χ4v) is 10.4. The number of hydrogen-bond donors (Lipinski definition) is 6. The first-order valence-corrected chi connectivity index (χ1v) is 26.4. The highest BCUT2D eigenvalue weighted by molar-refractivity contribution is 8.00. The largest absolute Gasteiger partial charge is 0.473 e. The van der Waals surface area contributed by atoms with Gasteiger partial charge in [-0.3, -0.25) is 23.4 Å². The van der Waals surface area contributed by atoms with Crippen molar-refractivity contribution in [3.8, 4) is 0 Å². The van der Waals surface area contributed by atoms with Crippen molar-refractivity contribution in [3.05, 3.63) is 12.2 Å². The smallest absolute Gasteiger partial charge is 0.457 e. The van der Waals surface area contributed by atoms with Crippen LogP contribution in [0.25, 0.3) is 0 Å². The van der Waals surface area contributed by atoms with E-state index < -0.39 is 44.4 Å². The molecule has 0 spiro atoms. The Bertz CT molecular complexity index is 1300. The standard InChI is InChI=1S/C45H83N4O10PS/c1-2-3-4-5-6-7-8-9-10-11-12-13-17-20-23-29-39(52)44(59-60(55,56)57-33-32-46)40(34-50)58-42(53)31-24-21-18-15-14-16-19-22-27-36(47)38(51)28-25-26-30-41-43-37(35-61-41)48-45(54)49-43/h9-10,36-37,40-41,43-44,50H,2-8,11-35,46-47H2,1H3,(H,55,56)(H2,48,49,54)/b10-9-/t36?,37-,40-,41-,43-,44?/m0/s1. The average Bonchev–Trinajstić information content (AvgIpc) is 3.80. The number of urea groups is 1. The van der Waals surface area contributed by atoms with Gasteiger partial charge >= 0.3 is 19.8 Å². The van der Waals surface area contributed by atoms with Gasteiger partial charge in [-0.05, 0) is 57.8 Å². The van der Waals surface area contributed by atoms with Gasteiger partial charge in [0.05, 0.1) is 31.3 Å². The molecule has 0 saturated carbocycles. The molecular weight excluding hydrogens is 820 g/mol. The van der Waals surface area contributed by atoms with Crippen LogP contribution in [-0.2, 0) is 32.7 Å². The number of fused-ring (bicyclic) bond motifs is 1. The van der Waals surface area contributed by atoms with Crippen molar-refractivity contribution < 1.29 is 47.5 Å². The van der Waals surface area contributed by atoms with Crippen LogP contribution in [0.1, 0.15) is 187 Å². The average molecular weight is 903 g/mol. The summed E-state index contributed by atoms with van der Waals surface area (Å²) >= 11 is 1.89. The van der Waals surface area contributed by atoms with Crippen LogP contribution in [0, 0.1) is 0 Å². The molecule has 16 heteroatoms. The van der Waals surface area contributed by atoms with Crippen LogP contribution in [0.3, 0.4) is 0 Å². The van der Waals surface area contributed by atoms with Gasteiger partial charge in [-0.2, -0.15) is 11.8 Å². The maximum Gasteiger partial charge on any atom is 0.473 e. The van der Waals surface area contributed by atoms with Gasteiger partial charge in [0.2, 0.25) is 0 Å². The van der Waals surface area contributed by atoms with Crippen molar-refractivity contribution in [2.75, 3.05) is 25.5 Å². The summed E-state index contributed by atoms with van der Waals surface area (Å²) in [6.07, 6.45) is 27.2. The number of carbonyl (C=O) groups is 4. The summed E-state index contributed by atoms with van der Waals surface area (Å²) in [6, 6.07) is -0.0707. The molecule has 2 amide bonds. The van der Waals surface area contributed by atoms with Crippen LogP contribution < -0.4 is 22.1 Å². The van der Waals surface area contributed by atoms with E-state index >= 15 is 0 Å². The number of Topliss-reactive ketones (excluding diaryl/α,β-unsaturated/α-hetero) is 2. The number of hydrogen-bond acceptors (Lipinski definition) is 12. The summed E-state index contributed by atoms with van der Waals surface area (Å²) in [5.41, 5.74) is 11.6. The quantitative estimate of drug-likeness (QED) is 0.0111. The number of nitrogens with one attached hydrogen (secondary N) is 2. The molecule has 354 valence electrons. The van der Waals surface area contributed by atoms with Gasteiger partial charge in [0.15, 0.2) is 18.0 Å². The lowest BCUT2D eigenvalue weighted by Crippen LogP contribution is -2.41. The third kappa shape index (κ3) is 25.9. The molecular formula is C45H83N4O10PS. The van der Waals surface area contributed by atoms with Crippen LogP contribution in [0.2, 0.25) is 0 Å². The fraction of sp³-hybridized carbons (Fsp3) is 0.867. The van der Waals surface area contributed by atoms with Crippen molar-refractivity contribution >= 4 is 43.2 Å². The first-order valence-electron chi connectivity index (χ1n) is 23.8. The van der Waals surface area contributed by atoms with Gasteiger partial charge in [0, 0.05) is 36.8 Å². The maximum atomic E-state index is 13.2. The Morgan fingerprint density at radius 1 is 0.803 bits per heavy atom. The Hall–Kier alpha value is -1.84. The third-order valence-corrected chi connectivity index (χ3v) is 14.1. The molecule has 7 atom stereocenters. The number of nitrogens with two attached hydrogens (primary N) is 2. The van der Waals surface area contributed by atoms with Crippen molar-refractivity contribution in [1.29, 1.82) is 0 Å². The van der Waals surface area contributed by atoms with E-state index in [4.69, 9.17) is 25.3 Å². The minimum Gasteiger partial charge on any atom is -0.457 e. The number of unbranched alkanes of at least 4 members (excludes halogenated alkanes) is 19. The van der Waals surface area contributed by atoms with E-state index in [1.54, 1.807) is 0 Å². The van der Waals surface area contributed by atoms with E-state index in [0.29, 0.717) is 30.9 Å². The molecule has 0 aromatic rings. The second kappa shape index (κ2) is 34.6. The number of amides is 2. The summed E-state index contributed by atoms with van der Waals surface area (Å²) in [7, 11) is -4.71. The number of phosphoric ester groups is 1. The van der Waals surface area contributed by atoms with E-state index in [9.17, 15) is 33.7 Å². The Kier molecular flexibility index (Phi) is 31.3. The normalized spacial score (nSPS) is 19.9. The van der Waals surface area contributed by atoms with Gasteiger partial charge in [0.25, 0.3) is 0 Å². The van der Waals surface area contributed by atoms with Crippen molar-refractivity contribution in [3.63, 3.8) is 0 Å². The predicted octanol–water partition coefficient (Wildman–Crippen LogP) is 8.48. The fourth-order valence-electron chi connectivity index (χ4n) is 7.94. The van der Waals surface area contributed by atoms with E-state index in [-0.39, 0.29) is 49.9 Å². The number of phosphoric acid groups is 1. The second-order valence-electron chi connectivity index (χ2n) is 16.9. The van der Waals surface area contributed by atoms with Gasteiger partial charge in [0.1, 0.15) is 5.78 Å². The topological polar surface area (TPSA) is 230 Å². The molecule has 14 nitrogen and oxygen atoms in total. The van der Waals surface area contributed by atoms with Crippen molar-refractivity contribution in [2.24, 2.45) is 11.5 Å². The number of aliphatic hydroxyl groups is 1. The number of thioether (sulfide) groups is 1. The van der Waals surface area contributed by atoms with E-state index in [1.807, 2.05) is 11.8 Å². The zero-order valence-electron chi connectivity index (χ0n) is 37.4. The molecule has 3 unspecified atom stereocenters. The lowest BCUT2D eigenvalue weighted by molar-refractivity contribution is -0.161. The molecule has 0 aromatic carbocycles. The maximum absolute atomic E-state index is 13.2. The summed E-state index contributed by atoms with van der Waals surface area (Å²) in [4.78, 5) is 60.3. The zero-order valence-corrected chi connectivity index (χ0v) is 39.1. The Labute approximate surface area is 371 Å². The van der Waals surface area contributed by atoms with Crippen LogP contribution >= 0.6 is 19.6 Å². The molecule has 0 aromatic heterocycles. The number of ether oxygens (including phenoxy) is 1. The first kappa shape index (κ1) is 55.3. The van der Waals surface area contributed by atoms with Crippen LogP contribution in [-0.4, -0.2) is 94.7 Å². The summed E-state index contributed by atoms with van der Waals surface area (Å²) < 4.78 is 28.1. The van der Waals surface area contributed by atoms with Gasteiger partial charge < -0.3 is 36.8 Å². The number of aliphatic hydroxyl groups excluding tert-OH is 1. The molecule has 8 N–H and O–H groups in total. The van der Waals surface area contributed by atoms with Gasteiger partial charge in [-0.25, -0.2) is 9.36 Å². The molecule has 2 aliphatic heterocycles. The summed E-state index contributed by atoms with van der Waals surface area (Å²) in [5.74, 6) is -0.0856. The molecule has 2 saturated heterocycles. The molecule has 2 rings (SSSR count). The Balaban J connectivity index is 1.56. The minimum atomic E-state index is -4.71. The van der Waals surface area contributed by atoms with E-state index in [1.165, 1.54) is 38.5 Å². The van der Waals surface area contributed by atoms with Crippen molar-refractivity contribution in [1.82, 2.24) is 10.6 Å². The predicted molar refractivity (Wildman–Crippen MR) is 244 cm³/mol. The highest BCUT2D eigenvalue weighted by atomic mass is 32.2. The number of ketones is 2. The monoisotopic (exact) mass is 903 g/mol. The van der Waals surface area contributed by atoms with Crippen LogP contribution in [0.15, 0.2) is 12.2 Å². The number of esters is 1. The molecule has 61 heavy (non-hydrogen) atoms. The lowest BCUT2D eigenvalue weighted by atomic mass is 9.98. The molecule has 0 bridgehead atoms.